The van der Waals surface area contributed by atoms with E-state index >= 15 is 0 Å². The molecule has 1 N–H and O–H groups in total. The minimum atomic E-state index is -3.38. The van der Waals surface area contributed by atoms with Gasteiger partial charge in [-0.3, -0.25) is 9.52 Å². The SMILES string of the molecule is C[C@H](OC(=O)c1csc2c1CCCC2)C(=O)c1ccc(NS(C)(=O)=O)cc1. The van der Waals surface area contributed by atoms with Crippen LogP contribution in [-0.2, 0) is 27.6 Å². The third kappa shape index (κ3) is 4.75. The number of aryl methyl sites for hydroxylation is 1. The molecular weight excluding hydrogens is 386 g/mol. The molecule has 0 fully saturated rings. The molecule has 0 saturated carbocycles. The second-order valence-corrected chi connectivity index (χ2v) is 9.33. The quantitative estimate of drug-likeness (QED) is 0.585. The van der Waals surface area contributed by atoms with Gasteiger partial charge in [0, 0.05) is 21.5 Å². The fourth-order valence-corrected chi connectivity index (χ4v) is 4.77. The fraction of sp³-hybridized carbons (Fsp3) is 0.368. The maximum atomic E-state index is 12.5. The Balaban J connectivity index is 1.67. The molecule has 2 aromatic rings. The number of sulfonamides is 1. The molecule has 0 spiro atoms. The van der Waals surface area contributed by atoms with Crippen LogP contribution in [0.5, 0.6) is 0 Å². The Bertz CT molecular complexity index is 960. The Morgan fingerprint density at radius 3 is 2.48 bits per heavy atom. The van der Waals surface area contributed by atoms with Crippen LogP contribution in [0, 0.1) is 0 Å². The van der Waals surface area contributed by atoms with E-state index in [4.69, 9.17) is 4.74 Å². The number of nitrogens with one attached hydrogen (secondary N) is 1. The van der Waals surface area contributed by atoms with E-state index < -0.39 is 22.1 Å². The van der Waals surface area contributed by atoms with Crippen molar-refractivity contribution in [2.75, 3.05) is 11.0 Å². The lowest BCUT2D eigenvalue weighted by atomic mass is 9.96. The van der Waals surface area contributed by atoms with Gasteiger partial charge in [-0.05, 0) is 62.4 Å². The van der Waals surface area contributed by atoms with Gasteiger partial charge in [0.15, 0.2) is 6.10 Å². The average Bonchev–Trinajstić information content (AvgIpc) is 3.04. The highest BCUT2D eigenvalue weighted by Crippen LogP contribution is 2.30. The summed E-state index contributed by atoms with van der Waals surface area (Å²) >= 11 is 1.58. The topological polar surface area (TPSA) is 89.5 Å². The van der Waals surface area contributed by atoms with Gasteiger partial charge < -0.3 is 4.74 Å². The van der Waals surface area contributed by atoms with Crippen LogP contribution in [0.15, 0.2) is 29.6 Å². The predicted octanol–water partition coefficient (Wildman–Crippen LogP) is 3.43. The first-order chi connectivity index (χ1) is 12.7. The molecule has 0 radical (unpaired) electrons. The molecule has 1 aliphatic rings. The van der Waals surface area contributed by atoms with Crippen molar-refractivity contribution in [1.29, 1.82) is 0 Å². The minimum absolute atomic E-state index is 0.335. The molecule has 6 nitrogen and oxygen atoms in total. The number of rotatable bonds is 6. The first-order valence-electron chi connectivity index (χ1n) is 8.67. The van der Waals surface area contributed by atoms with Crippen LogP contribution in [-0.4, -0.2) is 32.5 Å². The number of hydrogen-bond donors (Lipinski definition) is 1. The number of benzene rings is 1. The lowest BCUT2D eigenvalue weighted by Gasteiger charge is -2.15. The van der Waals surface area contributed by atoms with Gasteiger partial charge in [0.2, 0.25) is 15.8 Å². The van der Waals surface area contributed by atoms with Crippen LogP contribution in [0.25, 0.3) is 0 Å². The number of anilines is 1. The lowest BCUT2D eigenvalue weighted by Crippen LogP contribution is -2.25. The Morgan fingerprint density at radius 2 is 1.81 bits per heavy atom. The number of hydrogen-bond acceptors (Lipinski definition) is 6. The Morgan fingerprint density at radius 1 is 1.15 bits per heavy atom. The highest BCUT2D eigenvalue weighted by atomic mass is 32.2. The first-order valence-corrected chi connectivity index (χ1v) is 11.4. The predicted molar refractivity (Wildman–Crippen MR) is 105 cm³/mol. The molecule has 144 valence electrons. The lowest BCUT2D eigenvalue weighted by molar-refractivity contribution is 0.0318. The third-order valence-electron chi connectivity index (χ3n) is 4.41. The van der Waals surface area contributed by atoms with Crippen LogP contribution in [0.3, 0.4) is 0 Å². The van der Waals surface area contributed by atoms with Gasteiger partial charge in [-0.2, -0.15) is 0 Å². The zero-order chi connectivity index (χ0) is 19.6. The largest absolute Gasteiger partial charge is 0.451 e. The first kappa shape index (κ1) is 19.6. The second kappa shape index (κ2) is 7.82. The van der Waals surface area contributed by atoms with Crippen LogP contribution >= 0.6 is 11.3 Å². The highest BCUT2D eigenvalue weighted by Gasteiger charge is 2.25. The van der Waals surface area contributed by atoms with Crippen molar-refractivity contribution in [3.8, 4) is 0 Å². The Hall–Kier alpha value is -2.19. The van der Waals surface area contributed by atoms with E-state index in [1.807, 2.05) is 5.38 Å². The van der Waals surface area contributed by atoms with E-state index in [9.17, 15) is 18.0 Å². The molecule has 1 aromatic carbocycles. The van der Waals surface area contributed by atoms with Gasteiger partial charge >= 0.3 is 5.97 Å². The van der Waals surface area contributed by atoms with Gasteiger partial charge in [0.1, 0.15) is 0 Å². The van der Waals surface area contributed by atoms with E-state index in [0.29, 0.717) is 16.8 Å². The van der Waals surface area contributed by atoms with Crippen molar-refractivity contribution < 1.29 is 22.7 Å². The summed E-state index contributed by atoms with van der Waals surface area (Å²) in [5.41, 5.74) is 2.35. The van der Waals surface area contributed by atoms with Crippen molar-refractivity contribution in [1.82, 2.24) is 0 Å². The number of fused-ring (bicyclic) bond motifs is 1. The molecule has 1 aliphatic carbocycles. The summed E-state index contributed by atoms with van der Waals surface area (Å²) in [5, 5.41) is 1.82. The Labute approximate surface area is 162 Å². The summed E-state index contributed by atoms with van der Waals surface area (Å²) in [4.78, 5) is 26.2. The van der Waals surface area contributed by atoms with Gasteiger partial charge in [-0.1, -0.05) is 0 Å². The number of ether oxygens (including phenoxy) is 1. The van der Waals surface area contributed by atoms with E-state index in [1.165, 1.54) is 29.1 Å². The number of carbonyl (C=O) groups excluding carboxylic acids is 2. The van der Waals surface area contributed by atoms with Crippen molar-refractivity contribution in [3.63, 3.8) is 0 Å². The Kier molecular flexibility index (Phi) is 5.67. The molecule has 0 unspecified atom stereocenters. The number of Topliss-reactive ketones (excluding diaryl/α,β-unsaturated/α-hetero) is 1. The zero-order valence-electron chi connectivity index (χ0n) is 15.2. The molecule has 1 heterocycles. The third-order valence-corrected chi connectivity index (χ3v) is 6.10. The van der Waals surface area contributed by atoms with Crippen LogP contribution < -0.4 is 4.72 Å². The van der Waals surface area contributed by atoms with Crippen molar-refractivity contribution in [2.45, 2.75) is 38.7 Å². The van der Waals surface area contributed by atoms with Gasteiger partial charge in [0.05, 0.1) is 11.8 Å². The summed E-state index contributed by atoms with van der Waals surface area (Å²) < 4.78 is 30.2. The highest BCUT2D eigenvalue weighted by molar-refractivity contribution is 7.92. The van der Waals surface area contributed by atoms with E-state index in [0.717, 1.165) is 37.5 Å². The molecule has 27 heavy (non-hydrogen) atoms. The summed E-state index contributed by atoms with van der Waals surface area (Å²) in [6.45, 7) is 1.54. The molecular formula is C19H21NO5S2. The monoisotopic (exact) mass is 407 g/mol. The molecule has 0 saturated heterocycles. The summed E-state index contributed by atoms with van der Waals surface area (Å²) in [5.74, 6) is -0.802. The molecule has 1 aromatic heterocycles. The molecule has 0 amide bonds. The van der Waals surface area contributed by atoms with Crippen LogP contribution in [0.4, 0.5) is 5.69 Å². The van der Waals surface area contributed by atoms with E-state index in [2.05, 4.69) is 4.72 Å². The minimum Gasteiger partial charge on any atom is -0.451 e. The molecule has 3 rings (SSSR count). The second-order valence-electron chi connectivity index (χ2n) is 6.62. The summed E-state index contributed by atoms with van der Waals surface area (Å²) in [7, 11) is -3.38. The molecule has 0 bridgehead atoms. The van der Waals surface area contributed by atoms with Crippen molar-refractivity contribution in [2.24, 2.45) is 0 Å². The van der Waals surface area contributed by atoms with Crippen LogP contribution in [0.2, 0.25) is 0 Å². The average molecular weight is 408 g/mol. The zero-order valence-corrected chi connectivity index (χ0v) is 16.8. The smallest absolute Gasteiger partial charge is 0.339 e. The molecule has 0 aliphatic heterocycles. The molecule has 8 heteroatoms. The molecule has 1 atom stereocenters. The van der Waals surface area contributed by atoms with Gasteiger partial charge in [0.25, 0.3) is 0 Å². The van der Waals surface area contributed by atoms with Crippen molar-refractivity contribution >= 4 is 38.8 Å². The number of esters is 1. The van der Waals surface area contributed by atoms with Crippen molar-refractivity contribution in [3.05, 3.63) is 51.2 Å². The van der Waals surface area contributed by atoms with Gasteiger partial charge in [-0.15, -0.1) is 11.3 Å². The fourth-order valence-electron chi connectivity index (χ4n) is 3.09. The van der Waals surface area contributed by atoms with Gasteiger partial charge in [-0.25, -0.2) is 13.2 Å². The number of ketones is 1. The summed E-state index contributed by atoms with van der Waals surface area (Å²) in [6.07, 6.45) is 4.20. The maximum Gasteiger partial charge on any atom is 0.339 e. The normalized spacial score (nSPS) is 14.9. The van der Waals surface area contributed by atoms with E-state index in [-0.39, 0.29) is 5.78 Å². The number of carbonyl (C=O) groups is 2. The standard InChI is InChI=1S/C19H21NO5S2/c1-12(18(21)13-7-9-14(10-8-13)20-27(2,23)24)25-19(22)16-11-26-17-6-4-3-5-15(16)17/h7-12,20H,3-6H2,1-2H3/t12-/m0/s1. The summed E-state index contributed by atoms with van der Waals surface area (Å²) in [6, 6.07) is 6.01. The number of thiophene rings is 1. The van der Waals surface area contributed by atoms with E-state index in [1.54, 1.807) is 18.3 Å². The van der Waals surface area contributed by atoms with Crippen LogP contribution in [0.1, 0.15) is 50.9 Å². The maximum absolute atomic E-state index is 12.5.